The van der Waals surface area contributed by atoms with Crippen LogP contribution in [0.2, 0.25) is 0 Å². The first-order valence-electron chi connectivity index (χ1n) is 9.11. The van der Waals surface area contributed by atoms with Crippen LogP contribution in [0.4, 0.5) is 0 Å². The number of morpholine rings is 1. The molecular formula is C18H36N2O. The molecule has 2 fully saturated rings. The van der Waals surface area contributed by atoms with Crippen molar-refractivity contribution < 1.29 is 4.74 Å². The first kappa shape index (κ1) is 17.2. The van der Waals surface area contributed by atoms with Crippen molar-refractivity contribution in [3.8, 4) is 0 Å². The Labute approximate surface area is 131 Å². The van der Waals surface area contributed by atoms with E-state index in [2.05, 4.69) is 37.9 Å². The Bertz CT molecular complexity index is 300. The highest BCUT2D eigenvalue weighted by atomic mass is 16.5. The Morgan fingerprint density at radius 3 is 2.57 bits per heavy atom. The fraction of sp³-hybridized carbons (Fsp3) is 1.00. The van der Waals surface area contributed by atoms with E-state index in [-0.39, 0.29) is 0 Å². The van der Waals surface area contributed by atoms with Gasteiger partial charge in [-0.2, -0.15) is 0 Å². The smallest absolute Gasteiger partial charge is 0.0674 e. The van der Waals surface area contributed by atoms with Crippen molar-refractivity contribution >= 4 is 0 Å². The van der Waals surface area contributed by atoms with Gasteiger partial charge in [0, 0.05) is 25.7 Å². The molecule has 3 heteroatoms. The zero-order chi connectivity index (χ0) is 15.3. The van der Waals surface area contributed by atoms with Crippen LogP contribution in [-0.2, 0) is 4.74 Å². The molecule has 1 aliphatic carbocycles. The maximum absolute atomic E-state index is 5.80. The van der Waals surface area contributed by atoms with Crippen LogP contribution in [0.1, 0.15) is 59.8 Å². The molecule has 1 saturated heterocycles. The maximum atomic E-state index is 5.80. The maximum Gasteiger partial charge on any atom is 0.0674 e. The van der Waals surface area contributed by atoms with Gasteiger partial charge >= 0.3 is 0 Å². The van der Waals surface area contributed by atoms with Gasteiger partial charge in [0.25, 0.3) is 0 Å². The summed E-state index contributed by atoms with van der Waals surface area (Å²) < 4.78 is 5.80. The average molecular weight is 296 g/mol. The Kier molecular flexibility index (Phi) is 6.51. The molecule has 21 heavy (non-hydrogen) atoms. The Morgan fingerprint density at radius 1 is 1.19 bits per heavy atom. The van der Waals surface area contributed by atoms with Crippen molar-refractivity contribution in [2.24, 2.45) is 11.3 Å². The van der Waals surface area contributed by atoms with Gasteiger partial charge in [0.1, 0.15) is 0 Å². The predicted molar refractivity (Wildman–Crippen MR) is 89.7 cm³/mol. The fourth-order valence-electron chi connectivity index (χ4n) is 3.92. The fourth-order valence-corrected chi connectivity index (χ4v) is 3.92. The summed E-state index contributed by atoms with van der Waals surface area (Å²) in [5, 5.41) is 3.72. The van der Waals surface area contributed by atoms with Gasteiger partial charge in [-0.25, -0.2) is 0 Å². The molecule has 124 valence electrons. The normalized spacial score (nSPS) is 38.6. The highest BCUT2D eigenvalue weighted by molar-refractivity contribution is 4.91. The highest BCUT2D eigenvalue weighted by Gasteiger charge is 2.37. The van der Waals surface area contributed by atoms with Gasteiger partial charge in [-0.15, -0.1) is 0 Å². The van der Waals surface area contributed by atoms with Crippen LogP contribution in [0.5, 0.6) is 0 Å². The number of rotatable bonds is 6. The van der Waals surface area contributed by atoms with Crippen molar-refractivity contribution in [1.29, 1.82) is 0 Å². The van der Waals surface area contributed by atoms with Crippen molar-refractivity contribution in [3.05, 3.63) is 0 Å². The lowest BCUT2D eigenvalue weighted by atomic mass is 9.70. The number of nitrogens with zero attached hydrogens (tertiary/aromatic N) is 1. The molecule has 0 bridgehead atoms. The molecule has 1 heterocycles. The molecule has 1 N–H and O–H groups in total. The molecule has 1 saturated carbocycles. The van der Waals surface area contributed by atoms with Gasteiger partial charge in [-0.3, -0.25) is 4.90 Å². The van der Waals surface area contributed by atoms with Crippen molar-refractivity contribution in [2.45, 2.75) is 71.9 Å². The predicted octanol–water partition coefficient (Wildman–Crippen LogP) is 3.29. The number of hydrogen-bond acceptors (Lipinski definition) is 3. The zero-order valence-electron chi connectivity index (χ0n) is 14.7. The molecule has 2 aliphatic rings. The van der Waals surface area contributed by atoms with E-state index in [4.69, 9.17) is 4.74 Å². The van der Waals surface area contributed by atoms with E-state index in [0.29, 0.717) is 17.6 Å². The molecular weight excluding hydrogens is 260 g/mol. The van der Waals surface area contributed by atoms with E-state index < -0.39 is 0 Å². The Balaban J connectivity index is 1.97. The number of nitrogens with one attached hydrogen (secondary N) is 1. The van der Waals surface area contributed by atoms with E-state index in [0.717, 1.165) is 25.6 Å². The first-order chi connectivity index (χ1) is 10.0. The van der Waals surface area contributed by atoms with Crippen LogP contribution in [0, 0.1) is 11.3 Å². The Morgan fingerprint density at radius 2 is 1.90 bits per heavy atom. The lowest BCUT2D eigenvalue weighted by Gasteiger charge is -2.46. The van der Waals surface area contributed by atoms with E-state index in [1.165, 1.54) is 45.2 Å². The Hall–Kier alpha value is -0.120. The SMILES string of the molecule is CCCNCC1(CN2CC(C)OCC2C)CCC(C)CC1. The molecule has 0 aromatic carbocycles. The minimum Gasteiger partial charge on any atom is -0.376 e. The molecule has 0 amide bonds. The second kappa shape index (κ2) is 7.94. The van der Waals surface area contributed by atoms with Crippen molar-refractivity contribution in [2.75, 3.05) is 32.8 Å². The van der Waals surface area contributed by atoms with E-state index in [1.807, 2.05) is 0 Å². The molecule has 0 aromatic heterocycles. The monoisotopic (exact) mass is 296 g/mol. The summed E-state index contributed by atoms with van der Waals surface area (Å²) in [5.74, 6) is 0.922. The highest BCUT2D eigenvalue weighted by Crippen LogP contribution is 2.39. The van der Waals surface area contributed by atoms with E-state index in [9.17, 15) is 0 Å². The summed E-state index contributed by atoms with van der Waals surface area (Å²) in [6, 6.07) is 0.573. The van der Waals surface area contributed by atoms with Gasteiger partial charge in [0.05, 0.1) is 12.7 Å². The quantitative estimate of drug-likeness (QED) is 0.761. The average Bonchev–Trinajstić information content (AvgIpc) is 2.46. The van der Waals surface area contributed by atoms with Gasteiger partial charge < -0.3 is 10.1 Å². The second-order valence-electron chi connectivity index (χ2n) is 7.78. The van der Waals surface area contributed by atoms with Crippen molar-refractivity contribution in [3.63, 3.8) is 0 Å². The minimum atomic E-state index is 0.393. The summed E-state index contributed by atoms with van der Waals surface area (Å²) in [5.41, 5.74) is 0.493. The third-order valence-electron chi connectivity index (χ3n) is 5.54. The third kappa shape index (κ3) is 4.94. The number of ether oxygens (including phenoxy) is 1. The topological polar surface area (TPSA) is 24.5 Å². The second-order valence-corrected chi connectivity index (χ2v) is 7.78. The van der Waals surface area contributed by atoms with Crippen LogP contribution < -0.4 is 5.32 Å². The lowest BCUT2D eigenvalue weighted by Crippen LogP contribution is -2.54. The molecule has 2 atom stereocenters. The largest absolute Gasteiger partial charge is 0.376 e. The van der Waals surface area contributed by atoms with E-state index in [1.54, 1.807) is 0 Å². The third-order valence-corrected chi connectivity index (χ3v) is 5.54. The summed E-state index contributed by atoms with van der Waals surface area (Å²) in [7, 11) is 0. The first-order valence-corrected chi connectivity index (χ1v) is 9.11. The summed E-state index contributed by atoms with van der Waals surface area (Å²) in [4.78, 5) is 2.69. The summed E-state index contributed by atoms with van der Waals surface area (Å²) in [6.45, 7) is 14.8. The zero-order valence-corrected chi connectivity index (χ0v) is 14.7. The van der Waals surface area contributed by atoms with Crippen LogP contribution in [0.15, 0.2) is 0 Å². The van der Waals surface area contributed by atoms with Gasteiger partial charge in [0.2, 0.25) is 0 Å². The molecule has 2 unspecified atom stereocenters. The lowest BCUT2D eigenvalue weighted by molar-refractivity contribution is -0.0681. The van der Waals surface area contributed by atoms with Gasteiger partial charge in [0.15, 0.2) is 0 Å². The van der Waals surface area contributed by atoms with Crippen LogP contribution in [-0.4, -0.2) is 49.8 Å². The molecule has 0 radical (unpaired) electrons. The van der Waals surface area contributed by atoms with Crippen molar-refractivity contribution in [1.82, 2.24) is 10.2 Å². The van der Waals surface area contributed by atoms with Gasteiger partial charge in [-0.05, 0) is 51.0 Å². The van der Waals surface area contributed by atoms with Crippen LogP contribution in [0.25, 0.3) is 0 Å². The molecule has 3 nitrogen and oxygen atoms in total. The summed E-state index contributed by atoms with van der Waals surface area (Å²) >= 11 is 0. The standard InChI is InChI=1S/C18H36N2O/c1-5-10-19-13-18(8-6-15(2)7-9-18)14-20-11-17(4)21-12-16(20)3/h15-17,19H,5-14H2,1-4H3. The summed E-state index contributed by atoms with van der Waals surface area (Å²) in [6.07, 6.45) is 7.22. The molecule has 0 aromatic rings. The van der Waals surface area contributed by atoms with E-state index >= 15 is 0 Å². The molecule has 0 spiro atoms. The van der Waals surface area contributed by atoms with Gasteiger partial charge in [-0.1, -0.05) is 26.7 Å². The van der Waals surface area contributed by atoms with Crippen LogP contribution in [0.3, 0.4) is 0 Å². The van der Waals surface area contributed by atoms with Crippen LogP contribution >= 0.6 is 0 Å². The molecule has 1 aliphatic heterocycles. The minimum absolute atomic E-state index is 0.393. The number of hydrogen-bond donors (Lipinski definition) is 1. The molecule has 2 rings (SSSR count).